The molecule has 0 fully saturated rings. The van der Waals surface area contributed by atoms with Gasteiger partial charge in [0.2, 0.25) is 0 Å². The van der Waals surface area contributed by atoms with Crippen LogP contribution in [0.15, 0.2) is 24.0 Å². The van der Waals surface area contributed by atoms with Crippen LogP contribution in [0.25, 0.3) is 0 Å². The third-order valence-electron chi connectivity index (χ3n) is 2.45. The smallest absolute Gasteiger partial charge is 0.133 e. The molecule has 0 aliphatic heterocycles. The van der Waals surface area contributed by atoms with Gasteiger partial charge >= 0.3 is 0 Å². The van der Waals surface area contributed by atoms with Gasteiger partial charge in [0.1, 0.15) is 24.0 Å². The zero-order valence-electron chi connectivity index (χ0n) is 13.4. The molecule has 0 aromatic rings. The molecule has 0 atom stereocenters. The molecular weight excluding hydrogens is 240 g/mol. The maximum atomic E-state index is 5.64. The molecule has 0 saturated carbocycles. The Labute approximate surface area is 118 Å². The summed E-state index contributed by atoms with van der Waals surface area (Å²) in [6.45, 7) is 14.0. The third-order valence-corrected chi connectivity index (χ3v) is 2.45. The summed E-state index contributed by atoms with van der Waals surface area (Å²) in [5, 5.41) is 0. The molecule has 0 bridgehead atoms. The number of hydrogen-bond donors (Lipinski definition) is 0. The fourth-order valence-electron chi connectivity index (χ4n) is 1.28. The maximum Gasteiger partial charge on any atom is 0.133 e. The third kappa shape index (κ3) is 8.57. The van der Waals surface area contributed by atoms with Gasteiger partial charge in [0, 0.05) is 11.8 Å². The van der Waals surface area contributed by atoms with Crippen LogP contribution in [-0.2, 0) is 14.2 Å². The maximum absolute atomic E-state index is 5.64. The first-order valence-corrected chi connectivity index (χ1v) is 7.34. The van der Waals surface area contributed by atoms with E-state index in [2.05, 4.69) is 41.5 Å². The van der Waals surface area contributed by atoms with E-state index in [1.54, 1.807) is 12.5 Å². The summed E-state index contributed by atoms with van der Waals surface area (Å²) in [6.07, 6.45) is 5.35. The first-order valence-electron chi connectivity index (χ1n) is 7.34. The predicted molar refractivity (Wildman–Crippen MR) is 79.4 cm³/mol. The van der Waals surface area contributed by atoms with Crippen LogP contribution < -0.4 is 0 Å². The average molecular weight is 270 g/mol. The van der Waals surface area contributed by atoms with Gasteiger partial charge in [-0.25, -0.2) is 0 Å². The number of hydrogen-bond acceptors (Lipinski definition) is 3. The summed E-state index contributed by atoms with van der Waals surface area (Å²) < 4.78 is 16.8. The van der Waals surface area contributed by atoms with E-state index >= 15 is 0 Å². The highest BCUT2D eigenvalue weighted by Crippen LogP contribution is 2.15. The second-order valence-corrected chi connectivity index (χ2v) is 5.18. The first-order chi connectivity index (χ1) is 9.02. The van der Waals surface area contributed by atoms with E-state index in [1.165, 1.54) is 0 Å². The van der Waals surface area contributed by atoms with Crippen LogP contribution in [-0.4, -0.2) is 13.2 Å². The molecule has 3 nitrogen and oxygen atoms in total. The highest BCUT2D eigenvalue weighted by atomic mass is 16.5. The van der Waals surface area contributed by atoms with Crippen molar-refractivity contribution in [3.05, 3.63) is 24.0 Å². The molecule has 0 aromatic heterocycles. The zero-order valence-corrected chi connectivity index (χ0v) is 13.4. The Bertz CT molecular complexity index is 250. The summed E-state index contributed by atoms with van der Waals surface area (Å²) in [5.41, 5.74) is 0. The molecular formula is C16H30O3. The lowest BCUT2D eigenvalue weighted by molar-refractivity contribution is 0.157. The van der Waals surface area contributed by atoms with Crippen LogP contribution >= 0.6 is 0 Å². The van der Waals surface area contributed by atoms with Crippen molar-refractivity contribution in [3.8, 4) is 0 Å². The van der Waals surface area contributed by atoms with E-state index in [-0.39, 0.29) is 0 Å². The Morgan fingerprint density at radius 2 is 1.16 bits per heavy atom. The minimum absolute atomic E-state index is 0.319. The monoisotopic (exact) mass is 270 g/mol. The van der Waals surface area contributed by atoms with Gasteiger partial charge in [0.15, 0.2) is 0 Å². The molecule has 0 aliphatic rings. The Morgan fingerprint density at radius 3 is 1.42 bits per heavy atom. The van der Waals surface area contributed by atoms with E-state index in [0.717, 1.165) is 37.6 Å². The molecule has 0 saturated heterocycles. The molecule has 0 N–H and O–H groups in total. The van der Waals surface area contributed by atoms with Crippen LogP contribution in [0.1, 0.15) is 54.4 Å². The van der Waals surface area contributed by atoms with Crippen molar-refractivity contribution in [2.75, 3.05) is 13.2 Å². The summed E-state index contributed by atoms with van der Waals surface area (Å²) >= 11 is 0. The lowest BCUT2D eigenvalue weighted by Crippen LogP contribution is -2.03. The van der Waals surface area contributed by atoms with Crippen molar-refractivity contribution in [1.82, 2.24) is 0 Å². The van der Waals surface area contributed by atoms with Crippen molar-refractivity contribution in [3.63, 3.8) is 0 Å². The standard InChI is InChI=1S/C16H30O3/c1-7-9-18-15(13(3)4)11-17-12-16(14(5)6)19-10-8-2/h11-14H,7-10H2,1-6H3. The fourth-order valence-corrected chi connectivity index (χ4v) is 1.28. The average Bonchev–Trinajstić information content (AvgIpc) is 2.36. The fraction of sp³-hybridized carbons (Fsp3) is 0.750. The number of allylic oxidation sites excluding steroid dienone is 2. The molecule has 0 aromatic carbocycles. The van der Waals surface area contributed by atoms with E-state index < -0.39 is 0 Å². The van der Waals surface area contributed by atoms with Crippen molar-refractivity contribution in [2.45, 2.75) is 54.4 Å². The van der Waals surface area contributed by atoms with Gasteiger partial charge in [-0.2, -0.15) is 0 Å². The van der Waals surface area contributed by atoms with Crippen molar-refractivity contribution in [1.29, 1.82) is 0 Å². The van der Waals surface area contributed by atoms with E-state index in [0.29, 0.717) is 11.8 Å². The second kappa shape index (κ2) is 10.8. The normalized spacial score (nSPS) is 13.1. The van der Waals surface area contributed by atoms with Crippen molar-refractivity contribution in [2.24, 2.45) is 11.8 Å². The Morgan fingerprint density at radius 1 is 0.789 bits per heavy atom. The molecule has 0 rings (SSSR count). The van der Waals surface area contributed by atoms with Crippen LogP contribution in [0.4, 0.5) is 0 Å². The lowest BCUT2D eigenvalue weighted by atomic mass is 10.2. The highest BCUT2D eigenvalue weighted by Gasteiger charge is 2.06. The summed E-state index contributed by atoms with van der Waals surface area (Å²) in [4.78, 5) is 0. The van der Waals surface area contributed by atoms with Crippen LogP contribution in [0, 0.1) is 11.8 Å². The molecule has 0 unspecified atom stereocenters. The molecule has 112 valence electrons. The highest BCUT2D eigenvalue weighted by molar-refractivity contribution is 4.96. The molecule has 3 heteroatoms. The van der Waals surface area contributed by atoms with Gasteiger partial charge in [-0.05, 0) is 12.8 Å². The number of ether oxygens (including phenoxy) is 3. The topological polar surface area (TPSA) is 27.7 Å². The van der Waals surface area contributed by atoms with Crippen LogP contribution in [0.5, 0.6) is 0 Å². The van der Waals surface area contributed by atoms with Crippen LogP contribution in [0.3, 0.4) is 0 Å². The first kappa shape index (κ1) is 17.9. The predicted octanol–water partition coefficient (Wildman–Crippen LogP) is 4.85. The molecule has 0 aliphatic carbocycles. The number of rotatable bonds is 10. The quantitative estimate of drug-likeness (QED) is 0.531. The molecule has 19 heavy (non-hydrogen) atoms. The second-order valence-electron chi connectivity index (χ2n) is 5.18. The SMILES string of the molecule is CCCOC(=COC=C(OCCC)C(C)C)C(C)C. The largest absolute Gasteiger partial charge is 0.494 e. The Hall–Kier alpha value is -1.12. The summed E-state index contributed by atoms with van der Waals surface area (Å²) in [7, 11) is 0. The van der Waals surface area contributed by atoms with Gasteiger partial charge in [0.05, 0.1) is 13.2 Å². The van der Waals surface area contributed by atoms with Crippen molar-refractivity contribution < 1.29 is 14.2 Å². The van der Waals surface area contributed by atoms with Gasteiger partial charge in [-0.3, -0.25) is 0 Å². The molecule has 0 radical (unpaired) electrons. The minimum atomic E-state index is 0.319. The minimum Gasteiger partial charge on any atom is -0.494 e. The van der Waals surface area contributed by atoms with Gasteiger partial charge in [-0.15, -0.1) is 0 Å². The zero-order chi connectivity index (χ0) is 14.7. The van der Waals surface area contributed by atoms with E-state index in [1.807, 2.05) is 0 Å². The molecule has 0 spiro atoms. The van der Waals surface area contributed by atoms with Gasteiger partial charge in [0.25, 0.3) is 0 Å². The van der Waals surface area contributed by atoms with Crippen molar-refractivity contribution >= 4 is 0 Å². The summed E-state index contributed by atoms with van der Waals surface area (Å²) in [6, 6.07) is 0. The Kier molecular flexibility index (Phi) is 10.1. The van der Waals surface area contributed by atoms with E-state index in [4.69, 9.17) is 14.2 Å². The van der Waals surface area contributed by atoms with Gasteiger partial charge in [-0.1, -0.05) is 41.5 Å². The van der Waals surface area contributed by atoms with Crippen LogP contribution in [0.2, 0.25) is 0 Å². The van der Waals surface area contributed by atoms with E-state index in [9.17, 15) is 0 Å². The Balaban J connectivity index is 4.50. The molecule has 0 amide bonds. The van der Waals surface area contributed by atoms with Gasteiger partial charge < -0.3 is 14.2 Å². The molecule has 0 heterocycles. The lowest BCUT2D eigenvalue weighted by Gasteiger charge is -2.14. The summed E-state index contributed by atoms with van der Waals surface area (Å²) in [5.74, 6) is 2.38.